The van der Waals surface area contributed by atoms with Gasteiger partial charge in [-0.1, -0.05) is 20.3 Å². The molecule has 6 atom stereocenters. The van der Waals surface area contributed by atoms with Gasteiger partial charge in [-0.05, 0) is 38.3 Å². The van der Waals surface area contributed by atoms with Gasteiger partial charge in [0.15, 0.2) is 0 Å². The highest BCUT2D eigenvalue weighted by Crippen LogP contribution is 2.36. The Morgan fingerprint density at radius 2 is 2.17 bits per heavy atom. The fourth-order valence-corrected chi connectivity index (χ4v) is 4.65. The molecular formula is C17H31ClN2O3. The number of ether oxygens (including phenoxy) is 1. The van der Waals surface area contributed by atoms with Gasteiger partial charge in [0.1, 0.15) is 0 Å². The van der Waals surface area contributed by atoms with Crippen molar-refractivity contribution in [3.05, 3.63) is 0 Å². The minimum Gasteiger partial charge on any atom is -0.392 e. The molecule has 0 aromatic carbocycles. The molecule has 5 nitrogen and oxygen atoms in total. The number of nitrogens with zero attached hydrogens (tertiary/aromatic N) is 1. The third-order valence-electron chi connectivity index (χ3n) is 5.61. The summed E-state index contributed by atoms with van der Waals surface area (Å²) in [5, 5.41) is 13.4. The number of rotatable bonds is 6. The molecule has 1 heterocycles. The topological polar surface area (TPSA) is 61.8 Å². The van der Waals surface area contributed by atoms with Crippen molar-refractivity contribution in [1.82, 2.24) is 10.2 Å². The van der Waals surface area contributed by atoms with Gasteiger partial charge in [0.25, 0.3) is 0 Å². The Balaban J connectivity index is 1.99. The molecule has 0 bridgehead atoms. The van der Waals surface area contributed by atoms with E-state index in [0.717, 1.165) is 25.9 Å². The van der Waals surface area contributed by atoms with Crippen LogP contribution < -0.4 is 5.32 Å². The molecule has 0 radical (unpaired) electrons. The van der Waals surface area contributed by atoms with Crippen LogP contribution in [0, 0.1) is 11.8 Å². The molecule has 0 aromatic heterocycles. The van der Waals surface area contributed by atoms with Gasteiger partial charge < -0.3 is 15.2 Å². The molecule has 2 aliphatic rings. The van der Waals surface area contributed by atoms with Gasteiger partial charge in [-0.25, -0.2) is 0 Å². The fourth-order valence-electron chi connectivity index (χ4n) is 4.16. The molecule has 5 unspecified atom stereocenters. The first-order valence-corrected chi connectivity index (χ1v) is 9.33. The molecule has 2 rings (SSSR count). The van der Waals surface area contributed by atoms with Crippen molar-refractivity contribution >= 4 is 17.5 Å². The second-order valence-corrected chi connectivity index (χ2v) is 7.37. The summed E-state index contributed by atoms with van der Waals surface area (Å²) in [6.45, 7) is 6.92. The van der Waals surface area contributed by atoms with E-state index in [1.165, 1.54) is 6.42 Å². The maximum atomic E-state index is 12.7. The number of nitrogens with one attached hydrogen (secondary N) is 1. The second kappa shape index (κ2) is 8.65. The standard InChI is InChI=1S/C17H31ClN2O3/c1-4-11-9-13(18)16(23-3)14(15(11)21)17(22)19-10-12-7-6-8-20(12)5-2/h11-16,21H,4-10H2,1-3H3,(H,19,22)/t11?,12-,13?,14?,15?,16?/m0/s1. The van der Waals surface area contributed by atoms with E-state index < -0.39 is 18.1 Å². The predicted molar refractivity (Wildman–Crippen MR) is 91.6 cm³/mol. The van der Waals surface area contributed by atoms with Crippen molar-refractivity contribution in [2.24, 2.45) is 11.8 Å². The molecule has 2 N–H and O–H groups in total. The van der Waals surface area contributed by atoms with Gasteiger partial charge in [0.2, 0.25) is 5.91 Å². The van der Waals surface area contributed by atoms with Gasteiger partial charge >= 0.3 is 0 Å². The quantitative estimate of drug-likeness (QED) is 0.717. The van der Waals surface area contributed by atoms with Crippen LogP contribution in [-0.2, 0) is 9.53 Å². The van der Waals surface area contributed by atoms with Gasteiger partial charge in [-0.15, -0.1) is 11.6 Å². The Hall–Kier alpha value is -0.360. The summed E-state index contributed by atoms with van der Waals surface area (Å²) in [7, 11) is 1.56. The first kappa shape index (κ1) is 19.0. The molecular weight excluding hydrogens is 316 g/mol. The Morgan fingerprint density at radius 1 is 1.43 bits per heavy atom. The molecule has 1 aliphatic heterocycles. The van der Waals surface area contributed by atoms with E-state index in [0.29, 0.717) is 19.0 Å². The fraction of sp³-hybridized carbons (Fsp3) is 0.941. The van der Waals surface area contributed by atoms with Crippen molar-refractivity contribution in [3.63, 3.8) is 0 Å². The summed E-state index contributed by atoms with van der Waals surface area (Å²) in [5.41, 5.74) is 0. The molecule has 0 spiro atoms. The van der Waals surface area contributed by atoms with Crippen molar-refractivity contribution in [2.45, 2.75) is 63.2 Å². The average Bonchev–Trinajstić information content (AvgIpc) is 3.01. The molecule has 6 heteroatoms. The molecule has 2 fully saturated rings. The summed E-state index contributed by atoms with van der Waals surface area (Å²) in [6.07, 6.45) is 2.68. The largest absolute Gasteiger partial charge is 0.392 e. The van der Waals surface area contributed by atoms with Crippen LogP contribution in [0.1, 0.15) is 39.5 Å². The molecule has 1 aliphatic carbocycles. The van der Waals surface area contributed by atoms with E-state index in [2.05, 4.69) is 17.1 Å². The van der Waals surface area contributed by atoms with E-state index in [4.69, 9.17) is 16.3 Å². The van der Waals surface area contributed by atoms with E-state index in [1.54, 1.807) is 7.11 Å². The summed E-state index contributed by atoms with van der Waals surface area (Å²) in [4.78, 5) is 15.1. The smallest absolute Gasteiger partial charge is 0.228 e. The van der Waals surface area contributed by atoms with Crippen LogP contribution in [0.25, 0.3) is 0 Å². The number of alkyl halides is 1. The van der Waals surface area contributed by atoms with Crippen LogP contribution in [0.4, 0.5) is 0 Å². The minimum atomic E-state index is -0.689. The first-order chi connectivity index (χ1) is 11.0. The van der Waals surface area contributed by atoms with Crippen LogP contribution in [-0.4, -0.2) is 66.3 Å². The molecule has 1 saturated heterocycles. The molecule has 0 aromatic rings. The van der Waals surface area contributed by atoms with Crippen LogP contribution in [0.3, 0.4) is 0 Å². The lowest BCUT2D eigenvalue weighted by Crippen LogP contribution is -2.56. The number of methoxy groups -OCH3 is 1. The molecule has 134 valence electrons. The lowest BCUT2D eigenvalue weighted by molar-refractivity contribution is -0.143. The first-order valence-electron chi connectivity index (χ1n) is 8.90. The third kappa shape index (κ3) is 4.19. The summed E-state index contributed by atoms with van der Waals surface area (Å²) >= 11 is 6.41. The van der Waals surface area contributed by atoms with E-state index in [9.17, 15) is 9.90 Å². The maximum Gasteiger partial charge on any atom is 0.228 e. The lowest BCUT2D eigenvalue weighted by Gasteiger charge is -2.41. The highest BCUT2D eigenvalue weighted by molar-refractivity contribution is 6.21. The summed E-state index contributed by atoms with van der Waals surface area (Å²) < 4.78 is 5.45. The zero-order valence-electron chi connectivity index (χ0n) is 14.5. The maximum absolute atomic E-state index is 12.7. The Morgan fingerprint density at radius 3 is 2.78 bits per heavy atom. The average molecular weight is 347 g/mol. The number of carbonyl (C=O) groups is 1. The predicted octanol–water partition coefficient (Wildman–Crippen LogP) is 1.62. The molecule has 23 heavy (non-hydrogen) atoms. The van der Waals surface area contributed by atoms with Crippen molar-refractivity contribution < 1.29 is 14.6 Å². The van der Waals surface area contributed by atoms with Crippen LogP contribution in [0.5, 0.6) is 0 Å². The van der Waals surface area contributed by atoms with Crippen LogP contribution in [0.15, 0.2) is 0 Å². The van der Waals surface area contributed by atoms with Gasteiger partial charge in [0.05, 0.1) is 23.5 Å². The number of likely N-dealkylation sites (N-methyl/N-ethyl adjacent to an activating group) is 1. The number of hydrogen-bond acceptors (Lipinski definition) is 4. The zero-order chi connectivity index (χ0) is 17.0. The number of amides is 1. The van der Waals surface area contributed by atoms with Crippen LogP contribution in [0.2, 0.25) is 0 Å². The van der Waals surface area contributed by atoms with Gasteiger partial charge in [0, 0.05) is 19.7 Å². The molecule has 1 saturated carbocycles. The number of hydrogen-bond donors (Lipinski definition) is 2. The lowest BCUT2D eigenvalue weighted by atomic mass is 9.75. The normalized spacial score (nSPS) is 38.7. The Labute approximate surface area is 144 Å². The minimum absolute atomic E-state index is 0.0540. The molecule has 1 amide bonds. The van der Waals surface area contributed by atoms with Gasteiger partial charge in [-0.3, -0.25) is 9.69 Å². The Kier molecular flexibility index (Phi) is 7.14. The number of likely N-dealkylation sites (tertiary alicyclic amines) is 1. The number of aliphatic hydroxyl groups excluding tert-OH is 1. The van der Waals surface area contributed by atoms with Crippen molar-refractivity contribution in [1.29, 1.82) is 0 Å². The number of carbonyl (C=O) groups excluding carboxylic acids is 1. The van der Waals surface area contributed by atoms with Crippen molar-refractivity contribution in [3.8, 4) is 0 Å². The number of halogens is 1. The van der Waals surface area contributed by atoms with E-state index in [-0.39, 0.29) is 17.2 Å². The van der Waals surface area contributed by atoms with E-state index >= 15 is 0 Å². The third-order valence-corrected chi connectivity index (χ3v) is 6.03. The second-order valence-electron chi connectivity index (χ2n) is 6.81. The van der Waals surface area contributed by atoms with Crippen molar-refractivity contribution in [2.75, 3.05) is 26.7 Å². The highest BCUT2D eigenvalue weighted by Gasteiger charge is 2.46. The van der Waals surface area contributed by atoms with Gasteiger partial charge in [-0.2, -0.15) is 0 Å². The SMILES string of the molecule is CCC1CC(Cl)C(OC)C(C(=O)NC[C@@H]2CCCN2CC)C1O. The summed E-state index contributed by atoms with van der Waals surface area (Å²) in [6, 6.07) is 0.402. The highest BCUT2D eigenvalue weighted by atomic mass is 35.5. The Bertz CT molecular complexity index is 396. The number of aliphatic hydroxyl groups is 1. The van der Waals surface area contributed by atoms with E-state index in [1.807, 2.05) is 6.92 Å². The van der Waals surface area contributed by atoms with Crippen LogP contribution >= 0.6 is 11.6 Å². The monoisotopic (exact) mass is 346 g/mol. The zero-order valence-corrected chi connectivity index (χ0v) is 15.3. The summed E-state index contributed by atoms with van der Waals surface area (Å²) in [5.74, 6) is -0.660.